The molecule has 0 bridgehead atoms. The molecule has 0 unspecified atom stereocenters. The number of benzene rings is 1. The summed E-state index contributed by atoms with van der Waals surface area (Å²) in [5, 5.41) is 6.63. The summed E-state index contributed by atoms with van der Waals surface area (Å²) in [6, 6.07) is 7.75. The van der Waals surface area contributed by atoms with Crippen LogP contribution in [-0.2, 0) is 21.3 Å². The largest absolute Gasteiger partial charge is 0.497 e. The second-order valence-electron chi connectivity index (χ2n) is 7.04. The zero-order chi connectivity index (χ0) is 21.1. The van der Waals surface area contributed by atoms with Crippen molar-refractivity contribution in [1.82, 2.24) is 14.9 Å². The van der Waals surface area contributed by atoms with Crippen LogP contribution in [0.5, 0.6) is 5.75 Å². The molecule has 0 amide bonds. The Morgan fingerprint density at radius 2 is 2.00 bits per heavy atom. The molecule has 0 radical (unpaired) electrons. The van der Waals surface area contributed by atoms with Crippen LogP contribution in [0.1, 0.15) is 31.7 Å². The van der Waals surface area contributed by atoms with E-state index in [0.717, 1.165) is 37.1 Å². The molecule has 0 saturated carbocycles. The molecule has 1 heterocycles. The monoisotopic (exact) mass is 554 g/mol. The summed E-state index contributed by atoms with van der Waals surface area (Å²) in [6.07, 6.45) is 3.89. The highest BCUT2D eigenvalue weighted by Crippen LogP contribution is 2.19. The Balaban J connectivity index is 0.00000450. The van der Waals surface area contributed by atoms with Gasteiger partial charge in [0.05, 0.1) is 19.9 Å². The lowest BCUT2D eigenvalue weighted by molar-refractivity contribution is 0.145. The van der Waals surface area contributed by atoms with Gasteiger partial charge < -0.3 is 20.1 Å². The van der Waals surface area contributed by atoms with Crippen LogP contribution in [0.3, 0.4) is 0 Å². The van der Waals surface area contributed by atoms with E-state index in [1.807, 2.05) is 31.2 Å². The molecule has 1 aromatic carbocycles. The predicted octanol–water partition coefficient (Wildman–Crippen LogP) is 2.20. The van der Waals surface area contributed by atoms with E-state index in [0.29, 0.717) is 38.8 Å². The summed E-state index contributed by atoms with van der Waals surface area (Å²) in [7, 11) is -1.54. The van der Waals surface area contributed by atoms with Gasteiger partial charge in [-0.1, -0.05) is 12.1 Å². The van der Waals surface area contributed by atoms with Crippen molar-refractivity contribution >= 4 is 40.0 Å². The second-order valence-corrected chi connectivity index (χ2v) is 8.98. The number of aliphatic imine (C=N–C) groups is 1. The third-order valence-corrected chi connectivity index (χ3v) is 6.13. The maximum Gasteiger partial charge on any atom is 0.211 e. The molecule has 0 aliphatic carbocycles. The normalized spacial score (nSPS) is 17.4. The average Bonchev–Trinajstić information content (AvgIpc) is 3.19. The van der Waals surface area contributed by atoms with Gasteiger partial charge in [0.15, 0.2) is 5.96 Å². The van der Waals surface area contributed by atoms with Crippen molar-refractivity contribution in [3.05, 3.63) is 29.8 Å². The smallest absolute Gasteiger partial charge is 0.211 e. The van der Waals surface area contributed by atoms with Crippen LogP contribution in [-0.4, -0.2) is 70.9 Å². The van der Waals surface area contributed by atoms with Gasteiger partial charge in [0.2, 0.25) is 10.0 Å². The number of halogens is 1. The fourth-order valence-corrected chi connectivity index (χ4v) is 4.45. The minimum atomic E-state index is -3.18. The number of hydrogen-bond donors (Lipinski definition) is 2. The molecule has 2 rings (SSSR count). The van der Waals surface area contributed by atoms with Gasteiger partial charge >= 0.3 is 0 Å². The van der Waals surface area contributed by atoms with E-state index in [9.17, 15) is 8.42 Å². The van der Waals surface area contributed by atoms with E-state index in [1.54, 1.807) is 11.4 Å². The highest BCUT2D eigenvalue weighted by atomic mass is 127. The van der Waals surface area contributed by atoms with E-state index in [1.165, 1.54) is 6.26 Å². The first-order valence-electron chi connectivity index (χ1n) is 10.1. The Hall–Kier alpha value is -1.11. The fourth-order valence-electron chi connectivity index (χ4n) is 3.27. The molecule has 172 valence electrons. The summed E-state index contributed by atoms with van der Waals surface area (Å²) in [6.45, 7) is 5.75. The first-order valence-corrected chi connectivity index (χ1v) is 12.0. The molecule has 1 aliphatic heterocycles. The molecule has 1 atom stereocenters. The lowest BCUT2D eigenvalue weighted by Crippen LogP contribution is -2.46. The molecule has 1 saturated heterocycles. The second kappa shape index (κ2) is 14.0. The van der Waals surface area contributed by atoms with Crippen LogP contribution in [0.2, 0.25) is 0 Å². The number of hydrogen-bond acceptors (Lipinski definition) is 5. The number of rotatable bonds is 11. The number of methoxy groups -OCH3 is 1. The van der Waals surface area contributed by atoms with Gasteiger partial charge in [0, 0.05) is 38.9 Å². The number of sulfonamides is 1. The van der Waals surface area contributed by atoms with Crippen LogP contribution in [0.25, 0.3) is 0 Å². The molecule has 8 nitrogen and oxygen atoms in total. The lowest BCUT2D eigenvalue weighted by atomic mass is 10.2. The standard InChI is InChI=1S/C20H34N4O4S.HI/c1-4-28-14-6-12-21-20(22-15-17-8-10-19(27-2)11-9-17)23-16-18-7-5-13-24(18)29(3,25)26;/h8-11,18H,4-7,12-16H2,1-3H3,(H2,21,22,23);1H/t18-;/m1./s1. The molecule has 0 aromatic heterocycles. The van der Waals surface area contributed by atoms with Crippen molar-refractivity contribution in [3.8, 4) is 5.75 Å². The van der Waals surface area contributed by atoms with Gasteiger partial charge in [-0.25, -0.2) is 13.4 Å². The van der Waals surface area contributed by atoms with Crippen molar-refractivity contribution < 1.29 is 17.9 Å². The minimum Gasteiger partial charge on any atom is -0.497 e. The van der Waals surface area contributed by atoms with Crippen molar-refractivity contribution in [2.75, 3.05) is 46.2 Å². The van der Waals surface area contributed by atoms with Crippen LogP contribution >= 0.6 is 24.0 Å². The average molecular weight is 554 g/mol. The Morgan fingerprint density at radius 3 is 2.63 bits per heavy atom. The van der Waals surface area contributed by atoms with Crippen molar-refractivity contribution in [3.63, 3.8) is 0 Å². The number of ether oxygens (including phenoxy) is 2. The third-order valence-electron chi connectivity index (χ3n) is 4.80. The quantitative estimate of drug-likeness (QED) is 0.189. The fraction of sp³-hybridized carbons (Fsp3) is 0.650. The van der Waals surface area contributed by atoms with E-state index in [4.69, 9.17) is 9.47 Å². The SMILES string of the molecule is CCOCCCNC(=NCc1ccc(OC)cc1)NC[C@H]1CCCN1S(C)(=O)=O.I. The Bertz CT molecular complexity index is 744. The van der Waals surface area contributed by atoms with Crippen molar-refractivity contribution in [1.29, 1.82) is 0 Å². The zero-order valence-electron chi connectivity index (χ0n) is 18.1. The lowest BCUT2D eigenvalue weighted by Gasteiger charge is -2.23. The predicted molar refractivity (Wildman–Crippen MR) is 131 cm³/mol. The van der Waals surface area contributed by atoms with Crippen molar-refractivity contribution in [2.45, 2.75) is 38.8 Å². The highest BCUT2D eigenvalue weighted by Gasteiger charge is 2.31. The maximum absolute atomic E-state index is 12.0. The number of nitrogens with zero attached hydrogens (tertiary/aromatic N) is 2. The molecule has 0 spiro atoms. The van der Waals surface area contributed by atoms with Crippen LogP contribution in [0, 0.1) is 0 Å². The van der Waals surface area contributed by atoms with Gasteiger partial charge in [-0.2, -0.15) is 4.31 Å². The van der Waals surface area contributed by atoms with E-state index in [2.05, 4.69) is 15.6 Å². The molecular formula is C20H35IN4O4S. The van der Waals surface area contributed by atoms with Gasteiger partial charge in [-0.3, -0.25) is 0 Å². The van der Waals surface area contributed by atoms with Gasteiger partial charge in [-0.05, 0) is 43.9 Å². The summed E-state index contributed by atoms with van der Waals surface area (Å²) < 4.78 is 36.0. The van der Waals surface area contributed by atoms with E-state index >= 15 is 0 Å². The van der Waals surface area contributed by atoms with Gasteiger partial charge in [0.1, 0.15) is 5.75 Å². The number of guanidine groups is 1. The molecule has 1 fully saturated rings. The van der Waals surface area contributed by atoms with Crippen LogP contribution in [0.4, 0.5) is 0 Å². The Labute approximate surface area is 197 Å². The Morgan fingerprint density at radius 1 is 1.27 bits per heavy atom. The molecule has 1 aromatic rings. The minimum absolute atomic E-state index is 0. The third kappa shape index (κ3) is 9.36. The maximum atomic E-state index is 12.0. The van der Waals surface area contributed by atoms with E-state index < -0.39 is 10.0 Å². The molecule has 1 aliphatic rings. The van der Waals surface area contributed by atoms with Crippen LogP contribution in [0.15, 0.2) is 29.3 Å². The molecule has 30 heavy (non-hydrogen) atoms. The molecular weight excluding hydrogens is 519 g/mol. The number of nitrogens with one attached hydrogen (secondary N) is 2. The van der Waals surface area contributed by atoms with Crippen LogP contribution < -0.4 is 15.4 Å². The first kappa shape index (κ1) is 26.9. The Kier molecular flexibility index (Phi) is 12.6. The summed E-state index contributed by atoms with van der Waals surface area (Å²) in [5.41, 5.74) is 1.07. The van der Waals surface area contributed by atoms with Crippen molar-refractivity contribution in [2.24, 2.45) is 4.99 Å². The van der Waals surface area contributed by atoms with Gasteiger partial charge in [-0.15, -0.1) is 24.0 Å². The highest BCUT2D eigenvalue weighted by molar-refractivity contribution is 14.0. The molecule has 2 N–H and O–H groups in total. The first-order chi connectivity index (χ1) is 13.9. The summed E-state index contributed by atoms with van der Waals surface area (Å²) in [5.74, 6) is 1.49. The molecule has 10 heteroatoms. The summed E-state index contributed by atoms with van der Waals surface area (Å²) >= 11 is 0. The summed E-state index contributed by atoms with van der Waals surface area (Å²) in [4.78, 5) is 4.66. The topological polar surface area (TPSA) is 92.3 Å². The zero-order valence-corrected chi connectivity index (χ0v) is 21.2. The van der Waals surface area contributed by atoms with Gasteiger partial charge in [0.25, 0.3) is 0 Å². The van der Waals surface area contributed by atoms with E-state index in [-0.39, 0.29) is 30.0 Å².